The zero-order valence-electron chi connectivity index (χ0n) is 11.7. The van der Waals surface area contributed by atoms with Crippen LogP contribution in [0.1, 0.15) is 28.9 Å². The summed E-state index contributed by atoms with van der Waals surface area (Å²) >= 11 is 1.75. The Balaban J connectivity index is 1.97. The first-order chi connectivity index (χ1) is 9.19. The van der Waals surface area contributed by atoms with Gasteiger partial charge in [0, 0.05) is 16.6 Å². The minimum Gasteiger partial charge on any atom is -0.494 e. The van der Waals surface area contributed by atoms with Gasteiger partial charge in [0.1, 0.15) is 5.75 Å². The smallest absolute Gasteiger partial charge is 0.121 e. The van der Waals surface area contributed by atoms with Crippen molar-refractivity contribution in [3.05, 3.63) is 39.8 Å². The highest BCUT2D eigenvalue weighted by Crippen LogP contribution is 2.21. The molecule has 0 atom stereocenters. The maximum Gasteiger partial charge on any atom is 0.121 e. The number of hydrogen-bond acceptors (Lipinski definition) is 4. The Bertz CT molecular complexity index is 537. The number of nitrogens with zero attached hydrogens (tertiary/aromatic N) is 1. The first-order valence-corrected chi connectivity index (χ1v) is 7.40. The number of rotatable bonds is 6. The van der Waals surface area contributed by atoms with Gasteiger partial charge in [0.15, 0.2) is 0 Å². The molecule has 0 aliphatic carbocycles. The Morgan fingerprint density at radius 1 is 1.32 bits per heavy atom. The van der Waals surface area contributed by atoms with Gasteiger partial charge in [0.05, 0.1) is 23.9 Å². The molecule has 1 aromatic carbocycles. The minimum atomic E-state index is 0.761. The fraction of sp³-hybridized carbons (Fsp3) is 0.400. The number of ether oxygens (including phenoxy) is 1. The molecule has 1 heterocycles. The molecule has 0 amide bonds. The van der Waals surface area contributed by atoms with E-state index in [4.69, 9.17) is 4.74 Å². The second-order valence-electron chi connectivity index (χ2n) is 4.47. The molecule has 0 fully saturated rings. The number of aryl methyl sites for hydroxylation is 2. The highest BCUT2D eigenvalue weighted by molar-refractivity contribution is 7.11. The van der Waals surface area contributed by atoms with Crippen LogP contribution in [0.3, 0.4) is 0 Å². The lowest BCUT2D eigenvalue weighted by atomic mass is 10.3. The lowest BCUT2D eigenvalue weighted by Crippen LogP contribution is -2.00. The van der Waals surface area contributed by atoms with Crippen LogP contribution in [0.2, 0.25) is 0 Å². The Hall–Kier alpha value is -1.55. The maximum atomic E-state index is 5.63. The Kier molecular flexibility index (Phi) is 4.80. The molecule has 102 valence electrons. The highest BCUT2D eigenvalue weighted by atomic mass is 32.1. The van der Waals surface area contributed by atoms with Crippen molar-refractivity contribution in [2.24, 2.45) is 0 Å². The summed E-state index contributed by atoms with van der Waals surface area (Å²) in [6.45, 7) is 7.78. The van der Waals surface area contributed by atoms with E-state index in [1.54, 1.807) is 11.3 Å². The third-order valence-corrected chi connectivity index (χ3v) is 3.83. The summed E-state index contributed by atoms with van der Waals surface area (Å²) in [7, 11) is 0. The zero-order chi connectivity index (χ0) is 13.7. The molecule has 3 nitrogen and oxygen atoms in total. The summed E-state index contributed by atoms with van der Waals surface area (Å²) in [5, 5.41) is 4.54. The molecule has 1 N–H and O–H groups in total. The van der Waals surface area contributed by atoms with E-state index in [2.05, 4.69) is 30.2 Å². The maximum absolute atomic E-state index is 5.63. The molecular formula is C15H20N2OS. The average molecular weight is 276 g/mol. The summed E-state index contributed by atoms with van der Waals surface area (Å²) < 4.78 is 5.63. The van der Waals surface area contributed by atoms with Crippen molar-refractivity contribution in [1.29, 1.82) is 0 Å². The van der Waals surface area contributed by atoms with Crippen LogP contribution in [-0.4, -0.2) is 11.6 Å². The molecule has 0 radical (unpaired) electrons. The van der Waals surface area contributed by atoms with E-state index in [1.807, 2.05) is 25.1 Å². The van der Waals surface area contributed by atoms with Crippen molar-refractivity contribution in [3.63, 3.8) is 0 Å². The van der Waals surface area contributed by atoms with E-state index in [-0.39, 0.29) is 0 Å². The van der Waals surface area contributed by atoms with Crippen molar-refractivity contribution in [3.8, 4) is 5.75 Å². The molecule has 2 rings (SSSR count). The van der Waals surface area contributed by atoms with Gasteiger partial charge in [-0.3, -0.25) is 0 Å². The Morgan fingerprint density at radius 2 is 2.16 bits per heavy atom. The van der Waals surface area contributed by atoms with Crippen LogP contribution in [-0.2, 0) is 6.54 Å². The first-order valence-electron chi connectivity index (χ1n) is 6.58. The summed E-state index contributed by atoms with van der Waals surface area (Å²) in [6.07, 6.45) is 1.02. The van der Waals surface area contributed by atoms with Crippen molar-refractivity contribution < 1.29 is 4.74 Å². The predicted octanol–water partition coefficient (Wildman–Crippen LogP) is 4.16. The van der Waals surface area contributed by atoms with Crippen molar-refractivity contribution in [1.82, 2.24) is 4.98 Å². The van der Waals surface area contributed by atoms with E-state index in [0.717, 1.165) is 41.7 Å². The summed E-state index contributed by atoms with van der Waals surface area (Å²) in [4.78, 5) is 5.72. The van der Waals surface area contributed by atoms with Crippen LogP contribution in [0.15, 0.2) is 24.3 Å². The third kappa shape index (κ3) is 3.96. The van der Waals surface area contributed by atoms with Crippen LogP contribution < -0.4 is 10.1 Å². The van der Waals surface area contributed by atoms with E-state index in [0.29, 0.717) is 0 Å². The van der Waals surface area contributed by atoms with Crippen LogP contribution in [0, 0.1) is 13.8 Å². The van der Waals surface area contributed by atoms with E-state index < -0.39 is 0 Å². The molecule has 0 spiro atoms. The molecule has 0 aliphatic heterocycles. The molecule has 0 unspecified atom stereocenters. The molecule has 2 aromatic rings. The fourth-order valence-corrected chi connectivity index (χ4v) is 2.71. The first kappa shape index (κ1) is 13.9. The largest absolute Gasteiger partial charge is 0.494 e. The van der Waals surface area contributed by atoms with Crippen LogP contribution >= 0.6 is 11.3 Å². The minimum absolute atomic E-state index is 0.761. The Morgan fingerprint density at radius 3 is 2.84 bits per heavy atom. The number of hydrogen-bond donors (Lipinski definition) is 1. The van der Waals surface area contributed by atoms with Gasteiger partial charge in [-0.15, -0.1) is 11.3 Å². The van der Waals surface area contributed by atoms with Crippen molar-refractivity contribution >= 4 is 17.0 Å². The van der Waals surface area contributed by atoms with Crippen LogP contribution in [0.4, 0.5) is 5.69 Å². The number of nitrogens with one attached hydrogen (secondary N) is 1. The third-order valence-electron chi connectivity index (χ3n) is 2.76. The van der Waals surface area contributed by atoms with Gasteiger partial charge >= 0.3 is 0 Å². The van der Waals surface area contributed by atoms with Crippen LogP contribution in [0.25, 0.3) is 0 Å². The molecule has 0 saturated heterocycles. The monoisotopic (exact) mass is 276 g/mol. The predicted molar refractivity (Wildman–Crippen MR) is 81.1 cm³/mol. The fourth-order valence-electron chi connectivity index (χ4n) is 1.84. The lowest BCUT2D eigenvalue weighted by Gasteiger charge is -2.08. The standard InChI is InChI=1S/C15H20N2OS/c1-4-8-18-14-7-5-6-13(9-14)16-10-15-11(2)17-12(3)19-15/h5-7,9,16H,4,8,10H2,1-3H3. The Labute approximate surface area is 118 Å². The van der Waals surface area contributed by atoms with Gasteiger partial charge < -0.3 is 10.1 Å². The SMILES string of the molecule is CCCOc1cccc(NCc2sc(C)nc2C)c1. The summed E-state index contributed by atoms with van der Waals surface area (Å²) in [5.41, 5.74) is 2.20. The molecule has 19 heavy (non-hydrogen) atoms. The molecule has 1 aromatic heterocycles. The molecule has 0 aliphatic rings. The zero-order valence-corrected chi connectivity index (χ0v) is 12.5. The lowest BCUT2D eigenvalue weighted by molar-refractivity contribution is 0.317. The molecule has 4 heteroatoms. The van der Waals surface area contributed by atoms with Gasteiger partial charge in [-0.1, -0.05) is 13.0 Å². The second-order valence-corrected chi connectivity index (χ2v) is 5.76. The molecule has 0 bridgehead atoms. The van der Waals surface area contributed by atoms with Gasteiger partial charge in [0.2, 0.25) is 0 Å². The van der Waals surface area contributed by atoms with Crippen molar-refractivity contribution in [2.75, 3.05) is 11.9 Å². The summed E-state index contributed by atoms with van der Waals surface area (Å²) in [5.74, 6) is 0.920. The van der Waals surface area contributed by atoms with Gasteiger partial charge in [-0.25, -0.2) is 4.98 Å². The number of anilines is 1. The number of aromatic nitrogens is 1. The second kappa shape index (κ2) is 6.57. The molecule has 0 saturated carbocycles. The number of benzene rings is 1. The van der Waals surface area contributed by atoms with Crippen LogP contribution in [0.5, 0.6) is 5.75 Å². The van der Waals surface area contributed by atoms with Gasteiger partial charge in [0.25, 0.3) is 0 Å². The van der Waals surface area contributed by atoms with Crippen molar-refractivity contribution in [2.45, 2.75) is 33.7 Å². The highest BCUT2D eigenvalue weighted by Gasteiger charge is 2.04. The van der Waals surface area contributed by atoms with Gasteiger partial charge in [-0.05, 0) is 32.4 Å². The number of thiazole rings is 1. The average Bonchev–Trinajstić information content (AvgIpc) is 2.73. The van der Waals surface area contributed by atoms with E-state index in [1.165, 1.54) is 4.88 Å². The normalized spacial score (nSPS) is 10.5. The van der Waals surface area contributed by atoms with E-state index in [9.17, 15) is 0 Å². The summed E-state index contributed by atoms with van der Waals surface area (Å²) in [6, 6.07) is 8.10. The van der Waals surface area contributed by atoms with E-state index >= 15 is 0 Å². The molecular weight excluding hydrogens is 256 g/mol. The topological polar surface area (TPSA) is 34.1 Å². The quantitative estimate of drug-likeness (QED) is 0.860. The van der Waals surface area contributed by atoms with Gasteiger partial charge in [-0.2, -0.15) is 0 Å².